The van der Waals surface area contributed by atoms with Crippen molar-refractivity contribution < 1.29 is 84.9 Å². The normalized spacial score (nSPS) is 14.8. The van der Waals surface area contributed by atoms with Crippen LogP contribution < -0.4 is 0 Å². The van der Waals surface area contributed by atoms with Crippen molar-refractivity contribution in [2.24, 2.45) is 11.8 Å². The van der Waals surface area contributed by atoms with Crippen molar-refractivity contribution in [3.8, 4) is 0 Å². The summed E-state index contributed by atoms with van der Waals surface area (Å²) < 4.78 is 201. The van der Waals surface area contributed by atoms with Gasteiger partial charge in [0, 0.05) is 18.3 Å². The quantitative estimate of drug-likeness (QED) is 0.200. The minimum absolute atomic E-state index is 0.241. The van der Waals surface area contributed by atoms with Gasteiger partial charge in [-0.05, 0) is 5.75 Å². The molecular formula is C16H21F17O2S. The zero-order valence-electron chi connectivity index (χ0n) is 18.3. The molecule has 0 amide bonds. The summed E-state index contributed by atoms with van der Waals surface area (Å²) in [5, 5.41) is 14.6. The van der Waals surface area contributed by atoms with Crippen molar-refractivity contribution in [3.05, 3.63) is 0 Å². The average Bonchev–Trinajstić information content (AvgIpc) is 2.59. The van der Waals surface area contributed by atoms with Crippen LogP contribution in [0.3, 0.4) is 0 Å². The topological polar surface area (TPSA) is 40.5 Å². The smallest absolute Gasteiger partial charge is 0.331 e. The molecule has 0 heterocycles. The summed E-state index contributed by atoms with van der Waals surface area (Å²) in [7, 11) is 0. The number of alkyl halides is 17. The number of halogens is 17. The first-order valence-corrected chi connectivity index (χ1v) is 9.60. The van der Waals surface area contributed by atoms with Crippen LogP contribution in [0, 0.1) is 11.8 Å². The highest BCUT2D eigenvalue weighted by atomic mass is 32.1. The lowest BCUT2D eigenvalue weighted by molar-refractivity contribution is -0.412. The van der Waals surface area contributed by atoms with Gasteiger partial charge in [-0.1, -0.05) is 27.7 Å². The molecule has 0 bridgehead atoms. The van der Waals surface area contributed by atoms with Crippen LogP contribution in [0.4, 0.5) is 74.6 Å². The molecule has 0 aromatic heterocycles. The van der Waals surface area contributed by atoms with Gasteiger partial charge in [-0.25, -0.2) is 0 Å². The predicted octanol–water partition coefficient (Wildman–Crippen LogP) is 7.50. The molecule has 2 nitrogen and oxygen atoms in total. The Kier molecular flexibility index (Phi) is 13.5. The van der Waals surface area contributed by atoms with Gasteiger partial charge in [-0.3, -0.25) is 0 Å². The van der Waals surface area contributed by atoms with Crippen LogP contribution >= 0.6 is 12.6 Å². The molecule has 0 fully saturated rings. The summed E-state index contributed by atoms with van der Waals surface area (Å²) in [4.78, 5) is 0. The molecule has 0 saturated heterocycles. The van der Waals surface area contributed by atoms with E-state index in [4.69, 9.17) is 10.2 Å². The van der Waals surface area contributed by atoms with Gasteiger partial charge < -0.3 is 10.2 Å². The molecule has 0 unspecified atom stereocenters. The van der Waals surface area contributed by atoms with Gasteiger partial charge in [0.1, 0.15) is 0 Å². The Hall–Kier alpha value is -0.920. The number of hydrogen-bond acceptors (Lipinski definition) is 3. The van der Waals surface area contributed by atoms with E-state index in [1.54, 1.807) is 0 Å². The van der Waals surface area contributed by atoms with Gasteiger partial charge in [0.05, 0.1) is 0 Å². The van der Waals surface area contributed by atoms with Crippen molar-refractivity contribution in [1.82, 2.24) is 0 Å². The van der Waals surface area contributed by atoms with Gasteiger partial charge in [0.25, 0.3) is 0 Å². The molecule has 0 aliphatic heterocycles. The van der Waals surface area contributed by atoms with Crippen molar-refractivity contribution in [2.75, 3.05) is 5.75 Å². The van der Waals surface area contributed by atoms with Crippen molar-refractivity contribution in [1.29, 1.82) is 0 Å². The lowest BCUT2D eigenvalue weighted by atomic mass is 9.98. The van der Waals surface area contributed by atoms with Crippen LogP contribution in [-0.2, 0) is 0 Å². The molecule has 0 atom stereocenters. The summed E-state index contributed by atoms with van der Waals surface area (Å²) >= 11 is 3.50. The third-order valence-electron chi connectivity index (χ3n) is 3.89. The van der Waals surface area contributed by atoms with Gasteiger partial charge in [0.15, 0.2) is 0 Å². The molecule has 36 heavy (non-hydrogen) atoms. The van der Waals surface area contributed by atoms with Crippen LogP contribution in [0.15, 0.2) is 0 Å². The lowest BCUT2D eigenvalue weighted by Gasteiger charge is -2.31. The minimum Gasteiger partial charge on any atom is -0.331 e. The Labute approximate surface area is 198 Å². The van der Waals surface area contributed by atoms with Gasteiger partial charge in [-0.2, -0.15) is 87.3 Å². The van der Waals surface area contributed by atoms with Gasteiger partial charge in [-0.15, -0.1) is 0 Å². The molecule has 0 aliphatic carbocycles. The second-order valence-corrected chi connectivity index (χ2v) is 7.91. The first kappa shape index (κ1) is 39.6. The Bertz CT molecular complexity index is 633. The number of thiol groups is 1. The summed E-state index contributed by atoms with van der Waals surface area (Å²) in [6.45, 7) is 3.46. The van der Waals surface area contributed by atoms with Gasteiger partial charge >= 0.3 is 48.0 Å². The van der Waals surface area contributed by atoms with Crippen LogP contribution in [0.1, 0.15) is 34.1 Å². The highest BCUT2D eigenvalue weighted by Crippen LogP contribution is 2.48. The summed E-state index contributed by atoms with van der Waals surface area (Å²) in [5.74, 6) is -28.6. The Morgan fingerprint density at radius 2 is 0.806 bits per heavy atom. The minimum atomic E-state index is -6.45. The molecular weight excluding hydrogens is 579 g/mol. The zero-order chi connectivity index (χ0) is 30.6. The Morgan fingerprint density at radius 3 is 0.917 bits per heavy atom. The molecule has 222 valence electrons. The van der Waals surface area contributed by atoms with E-state index in [2.05, 4.69) is 12.6 Å². The first-order chi connectivity index (χ1) is 15.2. The zero-order valence-corrected chi connectivity index (χ0v) is 19.2. The largest absolute Gasteiger partial charge is 0.462 e. The monoisotopic (exact) mass is 600 g/mol. The maximum Gasteiger partial charge on any atom is 0.462 e. The second kappa shape index (κ2) is 12.3. The van der Waals surface area contributed by atoms with Gasteiger partial charge in [0.2, 0.25) is 0 Å². The number of rotatable bonds is 8. The number of aliphatic hydroxyl groups is 2. The van der Waals surface area contributed by atoms with E-state index in [9.17, 15) is 74.6 Å². The molecule has 20 heteroatoms. The van der Waals surface area contributed by atoms with Crippen LogP contribution in [0.5, 0.6) is 0 Å². The molecule has 0 aliphatic rings. The van der Waals surface area contributed by atoms with E-state index >= 15 is 0 Å². The summed E-state index contributed by atoms with van der Waals surface area (Å²) in [6, 6.07) is 0. The van der Waals surface area contributed by atoms with E-state index in [1.165, 1.54) is 0 Å². The molecule has 0 aromatic rings. The molecule has 0 radical (unpaired) electrons. The fraction of sp³-hybridized carbons (Fsp3) is 1.00. The van der Waals surface area contributed by atoms with E-state index in [-0.39, 0.29) is 5.75 Å². The highest BCUT2D eigenvalue weighted by molar-refractivity contribution is 7.80. The third-order valence-corrected chi connectivity index (χ3v) is 4.12. The van der Waals surface area contributed by atoms with Crippen molar-refractivity contribution in [3.63, 3.8) is 0 Å². The SMILES string of the molecule is CC(C)C(F)(F)C(F)(F)C(O)(F)F.CC(C)C(F)(F)C(F)(F)CCS.OC(F)(F)C(F)(F)C(F)(F)F. The third kappa shape index (κ3) is 9.43. The maximum atomic E-state index is 12.7. The van der Waals surface area contributed by atoms with Crippen LogP contribution in [0.25, 0.3) is 0 Å². The summed E-state index contributed by atoms with van der Waals surface area (Å²) in [6.07, 6.45) is -19.1. The molecule has 0 saturated carbocycles. The van der Waals surface area contributed by atoms with E-state index in [0.717, 1.165) is 13.8 Å². The van der Waals surface area contributed by atoms with E-state index in [0.29, 0.717) is 13.8 Å². The van der Waals surface area contributed by atoms with E-state index < -0.39 is 66.3 Å². The van der Waals surface area contributed by atoms with Crippen LogP contribution in [-0.4, -0.2) is 64.0 Å². The fourth-order valence-electron chi connectivity index (χ4n) is 1.46. The Balaban J connectivity index is -0.000000455. The molecule has 0 aromatic carbocycles. The molecule has 0 rings (SSSR count). The maximum absolute atomic E-state index is 12.7. The van der Waals surface area contributed by atoms with Crippen molar-refractivity contribution in [2.45, 2.75) is 82.1 Å². The molecule has 2 N–H and O–H groups in total. The second-order valence-electron chi connectivity index (χ2n) is 7.46. The number of hydrogen-bond donors (Lipinski definition) is 3. The van der Waals surface area contributed by atoms with E-state index in [1.807, 2.05) is 0 Å². The predicted molar refractivity (Wildman–Crippen MR) is 93.3 cm³/mol. The molecule has 0 spiro atoms. The standard InChI is InChI=1S/C7H12F4S.C6H8F6O.C3HF7O/c1-5(2)7(10,11)6(8,9)3-4-12;1-3(2)4(7,8)5(9,10)6(11,12)13;4-1(5,2(6,7)8)3(9,10)11/h5,12H,3-4H2,1-2H3;3,13H,1-2H3;11H. The highest BCUT2D eigenvalue weighted by Gasteiger charge is 2.73. The fourth-order valence-corrected chi connectivity index (χ4v) is 1.74. The van der Waals surface area contributed by atoms with Crippen molar-refractivity contribution >= 4 is 12.6 Å². The lowest BCUT2D eigenvalue weighted by Crippen LogP contribution is -2.56. The Morgan fingerprint density at radius 1 is 0.528 bits per heavy atom. The van der Waals surface area contributed by atoms with Crippen LogP contribution in [0.2, 0.25) is 0 Å². The summed E-state index contributed by atoms with van der Waals surface area (Å²) in [5.41, 5.74) is 0. The average molecular weight is 600 g/mol. The first-order valence-electron chi connectivity index (χ1n) is 8.97.